The summed E-state index contributed by atoms with van der Waals surface area (Å²) in [5.41, 5.74) is 1.67. The molecule has 0 radical (unpaired) electrons. The Bertz CT molecular complexity index is 707. The predicted molar refractivity (Wildman–Crippen MR) is 69.1 cm³/mol. The zero-order chi connectivity index (χ0) is 14.8. The van der Waals surface area contributed by atoms with Gasteiger partial charge in [0.15, 0.2) is 11.5 Å². The first-order valence-electron chi connectivity index (χ1n) is 5.72. The van der Waals surface area contributed by atoms with Gasteiger partial charge in [0.05, 0.1) is 4.92 Å². The van der Waals surface area contributed by atoms with E-state index in [2.05, 4.69) is 15.4 Å². The molecule has 1 aromatic carbocycles. The van der Waals surface area contributed by atoms with E-state index in [-0.39, 0.29) is 18.5 Å². The maximum atomic E-state index is 11.1. The third-order valence-electron chi connectivity index (χ3n) is 2.67. The Kier molecular flexibility index (Phi) is 3.12. The van der Waals surface area contributed by atoms with E-state index in [4.69, 9.17) is 20.1 Å². The summed E-state index contributed by atoms with van der Waals surface area (Å²) >= 11 is 0. The van der Waals surface area contributed by atoms with Gasteiger partial charge in [-0.2, -0.15) is 4.98 Å². The summed E-state index contributed by atoms with van der Waals surface area (Å²) < 4.78 is 15.8. The predicted octanol–water partition coefficient (Wildman–Crippen LogP) is 1.19. The Hall–Kier alpha value is -3.14. The van der Waals surface area contributed by atoms with Gasteiger partial charge in [0.1, 0.15) is 12.1 Å². The summed E-state index contributed by atoms with van der Waals surface area (Å²) in [7, 11) is 0. The first-order chi connectivity index (χ1) is 10.2. The molecule has 3 rings (SSSR count). The SMILES string of the molecule is NNc1ncnc(Oc2ccc3c(c2)OCO3)c1[N+](=O)[O-]. The number of fused-ring (bicyclic) bond motifs is 1. The Balaban J connectivity index is 1.96. The van der Waals surface area contributed by atoms with Gasteiger partial charge in [0.2, 0.25) is 12.6 Å². The topological polar surface area (TPSA) is 135 Å². The van der Waals surface area contributed by atoms with E-state index < -0.39 is 10.6 Å². The van der Waals surface area contributed by atoms with Gasteiger partial charge in [-0.05, 0) is 12.1 Å². The largest absolute Gasteiger partial charge is 0.454 e. The summed E-state index contributed by atoms with van der Waals surface area (Å²) in [6.45, 7) is 0.119. The number of nitrogen functional groups attached to an aromatic ring is 1. The molecule has 2 heterocycles. The van der Waals surface area contributed by atoms with Crippen LogP contribution < -0.4 is 25.5 Å². The van der Waals surface area contributed by atoms with Gasteiger partial charge in [-0.1, -0.05) is 0 Å². The summed E-state index contributed by atoms with van der Waals surface area (Å²) in [5, 5.41) is 11.1. The quantitative estimate of drug-likeness (QED) is 0.483. The molecule has 1 aliphatic rings. The number of nitro groups is 1. The average Bonchev–Trinajstić information content (AvgIpc) is 2.94. The maximum absolute atomic E-state index is 11.1. The summed E-state index contributed by atoms with van der Waals surface area (Å²) in [6, 6.07) is 4.76. The lowest BCUT2D eigenvalue weighted by Crippen LogP contribution is -2.12. The van der Waals surface area contributed by atoms with Gasteiger partial charge in [-0.3, -0.25) is 10.1 Å². The molecule has 0 fully saturated rings. The van der Waals surface area contributed by atoms with E-state index in [1.54, 1.807) is 18.2 Å². The first-order valence-corrected chi connectivity index (χ1v) is 5.72. The van der Waals surface area contributed by atoms with Crippen molar-refractivity contribution in [1.82, 2.24) is 9.97 Å². The number of anilines is 1. The smallest absolute Gasteiger partial charge is 0.374 e. The van der Waals surface area contributed by atoms with E-state index in [1.807, 2.05) is 0 Å². The molecular formula is C11H9N5O5. The molecule has 0 saturated heterocycles. The molecular weight excluding hydrogens is 282 g/mol. The van der Waals surface area contributed by atoms with Crippen LogP contribution in [0.25, 0.3) is 0 Å². The third-order valence-corrected chi connectivity index (χ3v) is 2.67. The van der Waals surface area contributed by atoms with Crippen molar-refractivity contribution in [3.8, 4) is 23.1 Å². The van der Waals surface area contributed by atoms with Gasteiger partial charge in [-0.25, -0.2) is 10.8 Å². The van der Waals surface area contributed by atoms with Crippen LogP contribution in [0, 0.1) is 10.1 Å². The molecule has 0 saturated carbocycles. The van der Waals surface area contributed by atoms with Crippen LogP contribution in [0.5, 0.6) is 23.1 Å². The van der Waals surface area contributed by atoms with E-state index in [9.17, 15) is 10.1 Å². The molecule has 0 spiro atoms. The number of hydrazine groups is 1. The van der Waals surface area contributed by atoms with Crippen molar-refractivity contribution in [2.75, 3.05) is 12.2 Å². The molecule has 108 valence electrons. The third kappa shape index (κ3) is 2.34. The Labute approximate surface area is 117 Å². The van der Waals surface area contributed by atoms with Crippen molar-refractivity contribution < 1.29 is 19.1 Å². The second kappa shape index (κ2) is 5.09. The minimum Gasteiger partial charge on any atom is -0.454 e. The molecule has 10 nitrogen and oxygen atoms in total. The number of nitrogens with zero attached hydrogens (tertiary/aromatic N) is 3. The number of benzene rings is 1. The summed E-state index contributed by atoms with van der Waals surface area (Å²) in [6.07, 6.45) is 1.10. The monoisotopic (exact) mass is 291 g/mol. The lowest BCUT2D eigenvalue weighted by molar-refractivity contribution is -0.385. The van der Waals surface area contributed by atoms with Crippen molar-refractivity contribution >= 4 is 11.5 Å². The minimum atomic E-state index is -0.683. The molecule has 1 aromatic heterocycles. The zero-order valence-corrected chi connectivity index (χ0v) is 10.5. The molecule has 2 aromatic rings. The van der Waals surface area contributed by atoms with Crippen molar-refractivity contribution in [2.24, 2.45) is 5.84 Å². The average molecular weight is 291 g/mol. The molecule has 0 atom stereocenters. The highest BCUT2D eigenvalue weighted by molar-refractivity contribution is 5.61. The highest BCUT2D eigenvalue weighted by Crippen LogP contribution is 2.38. The minimum absolute atomic E-state index is 0.119. The van der Waals surface area contributed by atoms with Crippen LogP contribution in [0.4, 0.5) is 11.5 Å². The number of rotatable bonds is 4. The van der Waals surface area contributed by atoms with Crippen LogP contribution in [0.3, 0.4) is 0 Å². The molecule has 0 amide bonds. The number of nitrogens with one attached hydrogen (secondary N) is 1. The summed E-state index contributed by atoms with van der Waals surface area (Å²) in [5.74, 6) is 6.18. The molecule has 0 unspecified atom stereocenters. The number of nitrogens with two attached hydrogens (primary N) is 1. The van der Waals surface area contributed by atoms with E-state index in [0.29, 0.717) is 17.2 Å². The lowest BCUT2D eigenvalue weighted by atomic mass is 10.3. The lowest BCUT2D eigenvalue weighted by Gasteiger charge is -2.07. The van der Waals surface area contributed by atoms with Crippen LogP contribution in [0.15, 0.2) is 24.5 Å². The van der Waals surface area contributed by atoms with Gasteiger partial charge in [-0.15, -0.1) is 0 Å². The number of ether oxygens (including phenoxy) is 3. The zero-order valence-electron chi connectivity index (χ0n) is 10.5. The van der Waals surface area contributed by atoms with Crippen molar-refractivity contribution in [3.05, 3.63) is 34.6 Å². The maximum Gasteiger partial charge on any atom is 0.374 e. The van der Waals surface area contributed by atoms with Gasteiger partial charge >= 0.3 is 11.6 Å². The van der Waals surface area contributed by atoms with Gasteiger partial charge in [0.25, 0.3) is 0 Å². The van der Waals surface area contributed by atoms with E-state index in [0.717, 1.165) is 6.33 Å². The van der Waals surface area contributed by atoms with E-state index >= 15 is 0 Å². The van der Waals surface area contributed by atoms with Gasteiger partial charge in [0, 0.05) is 6.07 Å². The molecule has 10 heteroatoms. The Morgan fingerprint density at radius 2 is 2.14 bits per heavy atom. The van der Waals surface area contributed by atoms with Crippen molar-refractivity contribution in [2.45, 2.75) is 0 Å². The highest BCUT2D eigenvalue weighted by Gasteiger charge is 2.25. The summed E-state index contributed by atoms with van der Waals surface area (Å²) in [4.78, 5) is 17.8. The number of hydrogen-bond acceptors (Lipinski definition) is 9. The van der Waals surface area contributed by atoms with Crippen LogP contribution in [0.1, 0.15) is 0 Å². The van der Waals surface area contributed by atoms with E-state index in [1.165, 1.54) is 0 Å². The highest BCUT2D eigenvalue weighted by atomic mass is 16.7. The van der Waals surface area contributed by atoms with Crippen LogP contribution in [-0.4, -0.2) is 21.7 Å². The number of hydrogen-bond donors (Lipinski definition) is 2. The fourth-order valence-corrected chi connectivity index (χ4v) is 1.76. The fourth-order valence-electron chi connectivity index (χ4n) is 1.76. The van der Waals surface area contributed by atoms with Crippen LogP contribution in [-0.2, 0) is 0 Å². The molecule has 0 bridgehead atoms. The molecule has 0 aliphatic carbocycles. The molecule has 3 N–H and O–H groups in total. The first kappa shape index (κ1) is 12.9. The van der Waals surface area contributed by atoms with Crippen molar-refractivity contribution in [3.63, 3.8) is 0 Å². The number of aromatic nitrogens is 2. The normalized spacial score (nSPS) is 12.0. The Morgan fingerprint density at radius 3 is 2.90 bits per heavy atom. The molecule has 21 heavy (non-hydrogen) atoms. The van der Waals surface area contributed by atoms with Crippen LogP contribution in [0.2, 0.25) is 0 Å². The standard InChI is InChI=1S/C11H9N5O5/c12-15-10-9(16(17)18)11(14-4-13-10)21-6-1-2-7-8(3-6)20-5-19-7/h1-4H,5,12H2,(H,13,14,15). The second-order valence-electron chi connectivity index (χ2n) is 3.89. The second-order valence-corrected chi connectivity index (χ2v) is 3.89. The molecule has 1 aliphatic heterocycles. The van der Waals surface area contributed by atoms with Crippen LogP contribution >= 0.6 is 0 Å². The van der Waals surface area contributed by atoms with Crippen molar-refractivity contribution in [1.29, 1.82) is 0 Å². The van der Waals surface area contributed by atoms with Gasteiger partial charge < -0.3 is 19.6 Å². The Morgan fingerprint density at radius 1 is 1.33 bits per heavy atom. The fraction of sp³-hybridized carbons (Fsp3) is 0.0909.